The van der Waals surface area contributed by atoms with Crippen LogP contribution in [-0.2, 0) is 10.4 Å². The minimum Gasteiger partial charge on any atom is -0.264 e. The third kappa shape index (κ3) is 11.8. The summed E-state index contributed by atoms with van der Waals surface area (Å²) in [5.74, 6) is 0. The van der Waals surface area contributed by atoms with E-state index in [9.17, 15) is 0 Å². The molecule has 6 heteroatoms. The van der Waals surface area contributed by atoms with E-state index >= 15 is 0 Å². The van der Waals surface area contributed by atoms with Crippen LogP contribution in [-0.4, -0.2) is 22.5 Å². The van der Waals surface area contributed by atoms with Crippen molar-refractivity contribution in [1.82, 2.24) is 4.98 Å². The topological polar surface area (TPSA) is 87.5 Å². The van der Waals surface area contributed by atoms with E-state index in [2.05, 4.69) is 4.98 Å². The van der Waals surface area contributed by atoms with Crippen LogP contribution in [0.3, 0.4) is 0 Å². The number of rotatable bonds is 0. The first-order valence-electron chi connectivity index (χ1n) is 2.97. The Balaban J connectivity index is 0.000000217. The molecule has 1 rings (SSSR count). The molecule has 0 fully saturated rings. The van der Waals surface area contributed by atoms with Crippen LogP contribution in [0.4, 0.5) is 0 Å². The molecule has 0 saturated carbocycles. The van der Waals surface area contributed by atoms with Gasteiger partial charge in [0.25, 0.3) is 0 Å². The van der Waals surface area contributed by atoms with Crippen molar-refractivity contribution in [3.8, 4) is 0 Å². The average Bonchev–Trinajstić information content (AvgIpc) is 1.85. The van der Waals surface area contributed by atoms with E-state index in [-0.39, 0.29) is 0 Å². The second-order valence-electron chi connectivity index (χ2n) is 1.92. The first-order chi connectivity index (χ1) is 5.39. The summed E-state index contributed by atoms with van der Waals surface area (Å²) < 4.78 is 31.6. The van der Waals surface area contributed by atoms with Gasteiger partial charge in [0.2, 0.25) is 0 Å². The normalized spacial score (nSPS) is 9.92. The van der Waals surface area contributed by atoms with E-state index < -0.39 is 10.4 Å². The van der Waals surface area contributed by atoms with Gasteiger partial charge in [0, 0.05) is 11.9 Å². The van der Waals surface area contributed by atoms with Gasteiger partial charge in [-0.2, -0.15) is 8.42 Å². The maximum absolute atomic E-state index is 8.74. The monoisotopic (exact) mass is 191 g/mol. The predicted molar refractivity (Wildman–Crippen MR) is 43.2 cm³/mol. The van der Waals surface area contributed by atoms with E-state index in [4.69, 9.17) is 17.5 Å². The standard InChI is InChI=1S/C6H7N.H2O4S/c1-6-4-2-3-5-7-6;1-5(2,3)4/h2-5H,1H3;(H2,1,2,3,4). The first kappa shape index (κ1) is 11.0. The van der Waals surface area contributed by atoms with Gasteiger partial charge in [-0.15, -0.1) is 0 Å². The van der Waals surface area contributed by atoms with Gasteiger partial charge in [-0.25, -0.2) is 0 Å². The Morgan fingerprint density at radius 3 is 2.00 bits per heavy atom. The van der Waals surface area contributed by atoms with Gasteiger partial charge in [0.05, 0.1) is 0 Å². The van der Waals surface area contributed by atoms with Crippen molar-refractivity contribution < 1.29 is 17.5 Å². The number of nitrogens with zero attached hydrogens (tertiary/aromatic N) is 1. The van der Waals surface area contributed by atoms with E-state index in [0.29, 0.717) is 0 Å². The second kappa shape index (κ2) is 4.81. The van der Waals surface area contributed by atoms with Crippen molar-refractivity contribution >= 4 is 10.4 Å². The molecule has 1 heterocycles. The van der Waals surface area contributed by atoms with Crippen LogP contribution < -0.4 is 0 Å². The molecule has 68 valence electrons. The lowest BCUT2D eigenvalue weighted by Gasteiger charge is -1.82. The molecule has 0 aliphatic heterocycles. The summed E-state index contributed by atoms with van der Waals surface area (Å²) in [5, 5.41) is 0. The fraction of sp³-hybridized carbons (Fsp3) is 0.167. The molecule has 2 N–H and O–H groups in total. The highest BCUT2D eigenvalue weighted by atomic mass is 32.3. The molecule has 1 aromatic rings. The largest absolute Gasteiger partial charge is 0.394 e. The van der Waals surface area contributed by atoms with Crippen LogP contribution in [0.2, 0.25) is 0 Å². The highest BCUT2D eigenvalue weighted by Gasteiger charge is 1.84. The van der Waals surface area contributed by atoms with Crippen molar-refractivity contribution in [2.45, 2.75) is 6.92 Å². The lowest BCUT2D eigenvalue weighted by Crippen LogP contribution is -1.89. The Kier molecular flexibility index (Phi) is 4.42. The number of hydrogen-bond acceptors (Lipinski definition) is 3. The third-order valence-electron chi connectivity index (χ3n) is 0.813. The molecule has 0 saturated heterocycles. The van der Waals surface area contributed by atoms with Crippen molar-refractivity contribution in [1.29, 1.82) is 0 Å². The van der Waals surface area contributed by atoms with Gasteiger partial charge in [-0.05, 0) is 19.1 Å². The van der Waals surface area contributed by atoms with E-state index in [1.54, 1.807) is 6.20 Å². The highest BCUT2D eigenvalue weighted by Crippen LogP contribution is 1.85. The summed E-state index contributed by atoms with van der Waals surface area (Å²) in [7, 11) is -4.67. The van der Waals surface area contributed by atoms with Crippen LogP contribution >= 0.6 is 0 Å². The van der Waals surface area contributed by atoms with E-state index in [1.165, 1.54) is 0 Å². The average molecular weight is 191 g/mol. The van der Waals surface area contributed by atoms with Gasteiger partial charge in [0.1, 0.15) is 0 Å². The molecule has 0 radical (unpaired) electrons. The highest BCUT2D eigenvalue weighted by molar-refractivity contribution is 7.79. The summed E-state index contributed by atoms with van der Waals surface area (Å²) >= 11 is 0. The van der Waals surface area contributed by atoms with E-state index in [0.717, 1.165) is 5.69 Å². The zero-order valence-electron chi connectivity index (χ0n) is 6.38. The predicted octanol–water partition coefficient (Wildman–Crippen LogP) is 0.737. The Hall–Kier alpha value is -0.980. The number of pyridine rings is 1. The Morgan fingerprint density at radius 1 is 1.33 bits per heavy atom. The maximum atomic E-state index is 8.74. The molecule has 0 unspecified atom stereocenters. The molecule has 0 bridgehead atoms. The van der Waals surface area contributed by atoms with Crippen molar-refractivity contribution in [2.24, 2.45) is 0 Å². The molecule has 0 spiro atoms. The molecule has 5 nitrogen and oxygen atoms in total. The van der Waals surface area contributed by atoms with Gasteiger partial charge < -0.3 is 0 Å². The lowest BCUT2D eigenvalue weighted by atomic mass is 10.4. The number of aryl methyl sites for hydroxylation is 1. The Bertz CT molecular complexity index is 300. The van der Waals surface area contributed by atoms with Gasteiger partial charge in [0.15, 0.2) is 0 Å². The summed E-state index contributed by atoms with van der Waals surface area (Å²) in [6.45, 7) is 1.97. The Labute approximate surface area is 70.7 Å². The zero-order valence-corrected chi connectivity index (χ0v) is 7.19. The van der Waals surface area contributed by atoms with Gasteiger partial charge in [-0.1, -0.05) is 6.07 Å². The summed E-state index contributed by atoms with van der Waals surface area (Å²) in [6, 6.07) is 5.86. The fourth-order valence-electron chi connectivity index (χ4n) is 0.448. The van der Waals surface area contributed by atoms with Crippen molar-refractivity contribution in [2.75, 3.05) is 0 Å². The molecule has 0 aromatic carbocycles. The molecule has 0 aliphatic carbocycles. The van der Waals surface area contributed by atoms with E-state index in [1.807, 2.05) is 25.1 Å². The minimum absolute atomic E-state index is 1.07. The zero-order chi connectivity index (χ0) is 9.61. The van der Waals surface area contributed by atoms with Gasteiger partial charge >= 0.3 is 10.4 Å². The molecular formula is C6H9NO4S. The van der Waals surface area contributed by atoms with Crippen molar-refractivity contribution in [3.05, 3.63) is 30.1 Å². The molecule has 1 aromatic heterocycles. The summed E-state index contributed by atoms with van der Waals surface area (Å²) in [5.41, 5.74) is 1.07. The van der Waals surface area contributed by atoms with Crippen LogP contribution in [0, 0.1) is 6.92 Å². The maximum Gasteiger partial charge on any atom is 0.394 e. The number of hydrogen-bond donors (Lipinski definition) is 2. The number of aromatic nitrogens is 1. The summed E-state index contributed by atoms with van der Waals surface area (Å²) in [6.07, 6.45) is 1.79. The molecule has 0 amide bonds. The first-order valence-corrected chi connectivity index (χ1v) is 4.37. The fourth-order valence-corrected chi connectivity index (χ4v) is 0.448. The quantitative estimate of drug-likeness (QED) is 0.590. The molecule has 0 aliphatic rings. The van der Waals surface area contributed by atoms with Gasteiger partial charge in [-0.3, -0.25) is 14.1 Å². The lowest BCUT2D eigenvalue weighted by molar-refractivity contribution is 0.381. The Morgan fingerprint density at radius 2 is 1.83 bits per heavy atom. The smallest absolute Gasteiger partial charge is 0.264 e. The van der Waals surface area contributed by atoms with Crippen LogP contribution in [0.5, 0.6) is 0 Å². The van der Waals surface area contributed by atoms with Crippen LogP contribution in [0.25, 0.3) is 0 Å². The van der Waals surface area contributed by atoms with Crippen LogP contribution in [0.1, 0.15) is 5.69 Å². The van der Waals surface area contributed by atoms with Crippen LogP contribution in [0.15, 0.2) is 24.4 Å². The third-order valence-corrected chi connectivity index (χ3v) is 0.813. The molecule has 12 heavy (non-hydrogen) atoms. The minimum atomic E-state index is -4.67. The molecule has 0 atom stereocenters. The molecular weight excluding hydrogens is 182 g/mol. The second-order valence-corrected chi connectivity index (χ2v) is 2.81. The summed E-state index contributed by atoms with van der Waals surface area (Å²) in [4.78, 5) is 3.98. The van der Waals surface area contributed by atoms with Crippen molar-refractivity contribution in [3.63, 3.8) is 0 Å². The SMILES string of the molecule is Cc1ccccn1.O=S(=O)(O)O.